The Labute approximate surface area is 210 Å². The SMILES string of the molecule is CCOc1cc(C(F)(F)F)ccc1-c1ccc2c(c1)CC(C)(C)C2NC(=O)O[C@@H]1CN2CCC1CC2. The molecule has 3 fully saturated rings. The van der Waals surface area contributed by atoms with E-state index < -0.39 is 11.7 Å². The van der Waals surface area contributed by atoms with Crippen molar-refractivity contribution < 1.29 is 27.4 Å². The summed E-state index contributed by atoms with van der Waals surface area (Å²) in [6.45, 7) is 9.20. The molecule has 6 rings (SSSR count). The molecule has 1 aliphatic carbocycles. The van der Waals surface area contributed by atoms with Crippen molar-refractivity contribution in [2.24, 2.45) is 11.3 Å². The molecule has 8 heteroatoms. The van der Waals surface area contributed by atoms with Gasteiger partial charge < -0.3 is 14.8 Å². The lowest BCUT2D eigenvalue weighted by Crippen LogP contribution is -2.53. The molecule has 36 heavy (non-hydrogen) atoms. The summed E-state index contributed by atoms with van der Waals surface area (Å²) in [4.78, 5) is 15.3. The van der Waals surface area contributed by atoms with E-state index in [9.17, 15) is 18.0 Å². The number of nitrogens with one attached hydrogen (secondary N) is 1. The van der Waals surface area contributed by atoms with Gasteiger partial charge in [0, 0.05) is 12.1 Å². The first-order chi connectivity index (χ1) is 17.0. The maximum absolute atomic E-state index is 13.2. The van der Waals surface area contributed by atoms with E-state index in [1.807, 2.05) is 18.2 Å². The molecule has 3 heterocycles. The molecule has 1 N–H and O–H groups in total. The van der Waals surface area contributed by atoms with Crippen LogP contribution in [-0.2, 0) is 17.3 Å². The van der Waals surface area contributed by atoms with E-state index in [0.29, 0.717) is 11.5 Å². The van der Waals surface area contributed by atoms with Crippen LogP contribution < -0.4 is 10.1 Å². The lowest BCUT2D eigenvalue weighted by Gasteiger charge is -2.44. The van der Waals surface area contributed by atoms with E-state index in [1.54, 1.807) is 6.92 Å². The average Bonchev–Trinajstić information content (AvgIpc) is 3.08. The van der Waals surface area contributed by atoms with E-state index >= 15 is 0 Å². The zero-order valence-electron chi connectivity index (χ0n) is 21.0. The highest BCUT2D eigenvalue weighted by Crippen LogP contribution is 2.47. The van der Waals surface area contributed by atoms with Crippen molar-refractivity contribution in [3.05, 3.63) is 53.1 Å². The summed E-state index contributed by atoms with van der Waals surface area (Å²) >= 11 is 0. The third-order valence-corrected chi connectivity index (χ3v) is 7.92. The standard InChI is InChI=1S/C28H33F3N2O3/c1-4-35-23-14-20(28(29,30)31)6-8-21(23)18-5-7-22-19(13-18)15-27(2,3)25(22)32-26(34)36-24-16-33-11-9-17(24)10-12-33/h5-8,13-14,17,24-25H,4,9-12,15-16H2,1-3H3,(H,32,34)/t24-,25?/m1/s1. The molecule has 0 radical (unpaired) electrons. The number of ether oxygens (including phenoxy) is 2. The van der Waals surface area contributed by atoms with E-state index in [-0.39, 0.29) is 36.0 Å². The minimum atomic E-state index is -4.44. The molecule has 1 amide bonds. The Bertz CT molecular complexity index is 1140. The van der Waals surface area contributed by atoms with Crippen LogP contribution in [-0.4, -0.2) is 43.3 Å². The Hall–Kier alpha value is -2.74. The first kappa shape index (κ1) is 24.9. The largest absolute Gasteiger partial charge is 0.493 e. The highest BCUT2D eigenvalue weighted by molar-refractivity contribution is 5.73. The fourth-order valence-electron chi connectivity index (χ4n) is 6.04. The van der Waals surface area contributed by atoms with Gasteiger partial charge in [-0.15, -0.1) is 0 Å². The first-order valence-corrected chi connectivity index (χ1v) is 12.7. The normalized spacial score (nSPS) is 26.4. The van der Waals surface area contributed by atoms with Gasteiger partial charge in [0.25, 0.3) is 0 Å². The molecule has 5 nitrogen and oxygen atoms in total. The highest BCUT2D eigenvalue weighted by atomic mass is 19.4. The van der Waals surface area contributed by atoms with Crippen LogP contribution in [0.1, 0.15) is 56.3 Å². The van der Waals surface area contributed by atoms with Gasteiger partial charge in [-0.2, -0.15) is 13.2 Å². The molecule has 2 bridgehead atoms. The quantitative estimate of drug-likeness (QED) is 0.528. The van der Waals surface area contributed by atoms with E-state index in [2.05, 4.69) is 24.1 Å². The molecule has 2 aromatic rings. The highest BCUT2D eigenvalue weighted by Gasteiger charge is 2.42. The summed E-state index contributed by atoms with van der Waals surface area (Å²) < 4.78 is 51.2. The zero-order valence-corrected chi connectivity index (χ0v) is 21.0. The fourth-order valence-corrected chi connectivity index (χ4v) is 6.04. The van der Waals surface area contributed by atoms with Crippen LogP contribution in [0.3, 0.4) is 0 Å². The van der Waals surface area contributed by atoms with Gasteiger partial charge in [-0.3, -0.25) is 4.90 Å². The molecule has 3 saturated heterocycles. The molecule has 2 atom stereocenters. The summed E-state index contributed by atoms with van der Waals surface area (Å²) in [5.74, 6) is 0.649. The minimum Gasteiger partial charge on any atom is -0.493 e. The maximum atomic E-state index is 13.2. The molecule has 194 valence electrons. The molecule has 4 aliphatic rings. The van der Waals surface area contributed by atoms with E-state index in [4.69, 9.17) is 9.47 Å². The Morgan fingerprint density at radius 3 is 2.53 bits per heavy atom. The van der Waals surface area contributed by atoms with Crippen LogP contribution in [0.25, 0.3) is 11.1 Å². The number of alkyl halides is 3. The summed E-state index contributed by atoms with van der Waals surface area (Å²) in [6, 6.07) is 9.26. The number of benzene rings is 2. The number of hydrogen-bond acceptors (Lipinski definition) is 4. The second kappa shape index (κ2) is 9.29. The Morgan fingerprint density at radius 1 is 1.14 bits per heavy atom. The van der Waals surface area contributed by atoms with Gasteiger partial charge in [0.1, 0.15) is 11.9 Å². The van der Waals surface area contributed by atoms with Crippen LogP contribution in [0.4, 0.5) is 18.0 Å². The van der Waals surface area contributed by atoms with Crippen molar-refractivity contribution in [3.8, 4) is 16.9 Å². The number of fused-ring (bicyclic) bond motifs is 4. The number of nitrogens with zero attached hydrogens (tertiary/aromatic N) is 1. The van der Waals surface area contributed by atoms with Gasteiger partial charge in [-0.1, -0.05) is 38.1 Å². The number of rotatable bonds is 5. The van der Waals surface area contributed by atoms with Crippen LogP contribution in [0.5, 0.6) is 5.75 Å². The van der Waals surface area contributed by atoms with Gasteiger partial charge in [0.05, 0.1) is 18.2 Å². The number of carbonyl (C=O) groups excluding carboxylic acids is 1. The van der Waals surface area contributed by atoms with Crippen LogP contribution in [0.15, 0.2) is 36.4 Å². The van der Waals surface area contributed by atoms with Crippen molar-refractivity contribution in [1.29, 1.82) is 0 Å². The Balaban J connectivity index is 1.37. The van der Waals surface area contributed by atoms with Crippen LogP contribution >= 0.6 is 0 Å². The Morgan fingerprint density at radius 2 is 1.89 bits per heavy atom. The van der Waals surface area contributed by atoms with Crippen molar-refractivity contribution in [2.75, 3.05) is 26.2 Å². The number of alkyl carbamates (subject to hydrolysis) is 1. The Kier molecular flexibility index (Phi) is 6.43. The van der Waals surface area contributed by atoms with Crippen LogP contribution in [0.2, 0.25) is 0 Å². The third kappa shape index (κ3) is 4.80. The van der Waals surface area contributed by atoms with Gasteiger partial charge in [0.15, 0.2) is 0 Å². The molecule has 3 aliphatic heterocycles. The molecular formula is C28H33F3N2O3. The summed E-state index contributed by atoms with van der Waals surface area (Å²) in [5.41, 5.74) is 2.51. The number of halogens is 3. The number of piperidine rings is 3. The smallest absolute Gasteiger partial charge is 0.416 e. The van der Waals surface area contributed by atoms with Crippen molar-refractivity contribution >= 4 is 6.09 Å². The predicted octanol–water partition coefficient (Wildman–Crippen LogP) is 6.21. The van der Waals surface area contributed by atoms with Gasteiger partial charge >= 0.3 is 12.3 Å². The number of amides is 1. The molecule has 1 unspecified atom stereocenters. The lowest BCUT2D eigenvalue weighted by molar-refractivity contribution is -0.137. The van der Waals surface area contributed by atoms with Gasteiger partial charge in [-0.25, -0.2) is 4.79 Å². The summed E-state index contributed by atoms with van der Waals surface area (Å²) in [6.07, 6.45) is -2.00. The molecule has 0 spiro atoms. The monoisotopic (exact) mass is 502 g/mol. The fraction of sp³-hybridized carbons (Fsp3) is 0.536. The lowest BCUT2D eigenvalue weighted by atomic mass is 9.85. The van der Waals surface area contributed by atoms with Gasteiger partial charge in [-0.05, 0) is 79.4 Å². The molecule has 2 aromatic carbocycles. The third-order valence-electron chi connectivity index (χ3n) is 7.92. The van der Waals surface area contributed by atoms with Crippen LogP contribution in [0, 0.1) is 11.3 Å². The minimum absolute atomic E-state index is 0.0597. The van der Waals surface area contributed by atoms with E-state index in [0.717, 1.165) is 67.7 Å². The summed E-state index contributed by atoms with van der Waals surface area (Å²) in [5, 5.41) is 3.12. The average molecular weight is 503 g/mol. The van der Waals surface area contributed by atoms with Crippen molar-refractivity contribution in [1.82, 2.24) is 10.2 Å². The predicted molar refractivity (Wildman–Crippen MR) is 131 cm³/mol. The van der Waals surface area contributed by atoms with Gasteiger partial charge in [0.2, 0.25) is 0 Å². The molecule has 0 aromatic heterocycles. The zero-order chi connectivity index (χ0) is 25.7. The number of carbonyl (C=O) groups is 1. The van der Waals surface area contributed by atoms with E-state index in [1.165, 1.54) is 6.07 Å². The summed E-state index contributed by atoms with van der Waals surface area (Å²) in [7, 11) is 0. The van der Waals surface area contributed by atoms with Crippen molar-refractivity contribution in [2.45, 2.75) is 58.4 Å². The van der Waals surface area contributed by atoms with Crippen molar-refractivity contribution in [3.63, 3.8) is 0 Å². The number of hydrogen-bond donors (Lipinski definition) is 1. The molecule has 0 saturated carbocycles. The maximum Gasteiger partial charge on any atom is 0.416 e. The second-order valence-corrected chi connectivity index (χ2v) is 10.9. The molecular weight excluding hydrogens is 469 g/mol. The first-order valence-electron chi connectivity index (χ1n) is 12.7. The topological polar surface area (TPSA) is 50.8 Å². The second-order valence-electron chi connectivity index (χ2n) is 10.9.